The Morgan fingerprint density at radius 2 is 1.83 bits per heavy atom. The van der Waals surface area contributed by atoms with E-state index < -0.39 is 11.9 Å². The van der Waals surface area contributed by atoms with Gasteiger partial charge in [0.25, 0.3) is 0 Å². The molecule has 2 aromatic rings. The van der Waals surface area contributed by atoms with Crippen molar-refractivity contribution in [3.05, 3.63) is 59.1 Å². The van der Waals surface area contributed by atoms with Crippen molar-refractivity contribution in [1.29, 1.82) is 0 Å². The van der Waals surface area contributed by atoms with Crippen LogP contribution in [0.5, 0.6) is 5.75 Å². The van der Waals surface area contributed by atoms with Crippen molar-refractivity contribution in [2.24, 2.45) is 0 Å². The predicted molar refractivity (Wildman–Crippen MR) is 115 cm³/mol. The third kappa shape index (κ3) is 8.23. The third-order valence-corrected chi connectivity index (χ3v) is 5.66. The second kappa shape index (κ2) is 12.4. The molecular weight excluding hydrogens is 430 g/mol. The fraction of sp³-hybridized carbons (Fsp3) is 0.333. The Labute approximate surface area is 184 Å². The van der Waals surface area contributed by atoms with Crippen LogP contribution in [-0.4, -0.2) is 65.7 Å². The number of carboxylic acid groups (broad SMARTS) is 2. The molecule has 0 saturated carbocycles. The highest BCUT2D eigenvalue weighted by Crippen LogP contribution is 2.30. The standard InChI is InChI=1S/C19H22ClNO2S.C2H2O4/c1-22-18-4-2-3-5-19(18)24-14-17-13-21(10-11-23-17)12-15-6-8-16(20)9-7-15;3-1(4)2(5)6/h2-9,17H,10-14H2,1H3;(H,3,4)(H,5,6). The van der Waals surface area contributed by atoms with Crippen molar-refractivity contribution in [1.82, 2.24) is 4.90 Å². The molecule has 0 aromatic heterocycles. The molecule has 0 aliphatic carbocycles. The maximum atomic E-state index is 9.10. The van der Waals surface area contributed by atoms with Crippen molar-refractivity contribution in [3.8, 4) is 5.75 Å². The average Bonchev–Trinajstić information content (AvgIpc) is 2.75. The number of ether oxygens (including phenoxy) is 2. The van der Waals surface area contributed by atoms with Crippen LogP contribution in [0.3, 0.4) is 0 Å². The summed E-state index contributed by atoms with van der Waals surface area (Å²) < 4.78 is 11.3. The molecule has 1 aliphatic rings. The minimum atomic E-state index is -1.82. The summed E-state index contributed by atoms with van der Waals surface area (Å²) in [6, 6.07) is 16.2. The van der Waals surface area contributed by atoms with Crippen molar-refractivity contribution >= 4 is 35.3 Å². The van der Waals surface area contributed by atoms with Gasteiger partial charge in [-0.25, -0.2) is 9.59 Å². The van der Waals surface area contributed by atoms with E-state index in [1.807, 2.05) is 30.3 Å². The summed E-state index contributed by atoms with van der Waals surface area (Å²) in [5, 5.41) is 15.6. The Hall–Kier alpha value is -2.26. The molecule has 1 fully saturated rings. The lowest BCUT2D eigenvalue weighted by atomic mass is 10.2. The summed E-state index contributed by atoms with van der Waals surface area (Å²) in [6.07, 6.45) is 0.237. The van der Waals surface area contributed by atoms with Gasteiger partial charge in [0.2, 0.25) is 0 Å². The van der Waals surface area contributed by atoms with Crippen LogP contribution in [0.15, 0.2) is 53.4 Å². The SMILES string of the molecule is COc1ccccc1SCC1CN(Cc2ccc(Cl)cc2)CCO1.O=C(O)C(=O)O. The maximum absolute atomic E-state index is 9.10. The van der Waals surface area contributed by atoms with E-state index in [1.165, 1.54) is 10.5 Å². The zero-order valence-corrected chi connectivity index (χ0v) is 18.1. The van der Waals surface area contributed by atoms with Crippen LogP contribution in [0.1, 0.15) is 5.56 Å². The molecule has 0 bridgehead atoms. The molecule has 0 radical (unpaired) electrons. The number of carboxylic acids is 2. The van der Waals surface area contributed by atoms with Gasteiger partial charge in [-0.05, 0) is 29.8 Å². The number of nitrogens with zero attached hydrogens (tertiary/aromatic N) is 1. The zero-order valence-electron chi connectivity index (χ0n) is 16.5. The maximum Gasteiger partial charge on any atom is 0.414 e. The predicted octanol–water partition coefficient (Wildman–Crippen LogP) is 3.50. The van der Waals surface area contributed by atoms with Gasteiger partial charge in [-0.2, -0.15) is 0 Å². The van der Waals surface area contributed by atoms with Crippen molar-refractivity contribution in [2.75, 3.05) is 32.6 Å². The highest BCUT2D eigenvalue weighted by atomic mass is 35.5. The van der Waals surface area contributed by atoms with E-state index in [0.29, 0.717) is 0 Å². The van der Waals surface area contributed by atoms with Gasteiger partial charge in [0.15, 0.2) is 0 Å². The lowest BCUT2D eigenvalue weighted by Crippen LogP contribution is -2.43. The number of rotatable bonds is 6. The number of hydrogen-bond donors (Lipinski definition) is 2. The van der Waals surface area contributed by atoms with Gasteiger partial charge in [0, 0.05) is 35.3 Å². The quantitative estimate of drug-likeness (QED) is 0.506. The lowest BCUT2D eigenvalue weighted by molar-refractivity contribution is -0.159. The van der Waals surface area contributed by atoms with Crippen LogP contribution in [0.4, 0.5) is 0 Å². The molecular formula is C21H24ClNO6S. The first kappa shape index (κ1) is 24.0. The van der Waals surface area contributed by atoms with Gasteiger partial charge in [-0.3, -0.25) is 4.90 Å². The molecule has 7 nitrogen and oxygen atoms in total. The smallest absolute Gasteiger partial charge is 0.414 e. The van der Waals surface area contributed by atoms with Gasteiger partial charge in [-0.1, -0.05) is 35.9 Å². The van der Waals surface area contributed by atoms with E-state index in [9.17, 15) is 0 Å². The fourth-order valence-corrected chi connectivity index (χ4v) is 3.96. The van der Waals surface area contributed by atoms with Gasteiger partial charge in [0.05, 0.1) is 19.8 Å². The summed E-state index contributed by atoms with van der Waals surface area (Å²) in [7, 11) is 1.71. The molecule has 162 valence electrons. The summed E-state index contributed by atoms with van der Waals surface area (Å²) in [6.45, 7) is 3.64. The van der Waals surface area contributed by atoms with Gasteiger partial charge < -0.3 is 19.7 Å². The highest BCUT2D eigenvalue weighted by Gasteiger charge is 2.21. The molecule has 9 heteroatoms. The molecule has 0 amide bonds. The van der Waals surface area contributed by atoms with E-state index >= 15 is 0 Å². The van der Waals surface area contributed by atoms with Crippen molar-refractivity contribution in [3.63, 3.8) is 0 Å². The first-order chi connectivity index (χ1) is 14.4. The molecule has 3 rings (SSSR count). The zero-order chi connectivity index (χ0) is 21.9. The molecule has 2 aromatic carbocycles. The molecule has 1 aliphatic heterocycles. The first-order valence-electron chi connectivity index (χ1n) is 9.19. The highest BCUT2D eigenvalue weighted by molar-refractivity contribution is 7.99. The summed E-state index contributed by atoms with van der Waals surface area (Å²) >= 11 is 7.75. The monoisotopic (exact) mass is 453 g/mol. The van der Waals surface area contributed by atoms with Gasteiger partial charge in [0.1, 0.15) is 5.75 Å². The van der Waals surface area contributed by atoms with Crippen LogP contribution < -0.4 is 4.74 Å². The number of carbonyl (C=O) groups is 2. The van der Waals surface area contributed by atoms with Gasteiger partial charge >= 0.3 is 11.9 Å². The minimum Gasteiger partial charge on any atom is -0.496 e. The summed E-state index contributed by atoms with van der Waals surface area (Å²) in [5.41, 5.74) is 1.29. The molecule has 1 heterocycles. The number of halogens is 1. The van der Waals surface area contributed by atoms with E-state index in [0.717, 1.165) is 42.8 Å². The normalized spacial score (nSPS) is 16.3. The van der Waals surface area contributed by atoms with Crippen LogP contribution in [0, 0.1) is 0 Å². The summed E-state index contributed by atoms with van der Waals surface area (Å²) in [4.78, 5) is 21.8. The molecule has 2 N–H and O–H groups in total. The number of morpholine rings is 1. The van der Waals surface area contributed by atoms with Crippen LogP contribution in [0.2, 0.25) is 5.02 Å². The molecule has 1 atom stereocenters. The number of thioether (sulfide) groups is 1. The number of para-hydroxylation sites is 1. The fourth-order valence-electron chi connectivity index (χ4n) is 2.79. The van der Waals surface area contributed by atoms with E-state index in [4.69, 9.17) is 40.9 Å². The number of aliphatic carboxylic acids is 2. The van der Waals surface area contributed by atoms with E-state index in [1.54, 1.807) is 18.9 Å². The van der Waals surface area contributed by atoms with Gasteiger partial charge in [-0.15, -0.1) is 11.8 Å². The third-order valence-electron chi connectivity index (χ3n) is 4.22. The first-order valence-corrected chi connectivity index (χ1v) is 10.6. The number of methoxy groups -OCH3 is 1. The van der Waals surface area contributed by atoms with Crippen molar-refractivity contribution in [2.45, 2.75) is 17.5 Å². The second-order valence-corrected chi connectivity index (χ2v) is 7.92. The minimum absolute atomic E-state index is 0.237. The Morgan fingerprint density at radius 1 is 1.17 bits per heavy atom. The molecule has 1 saturated heterocycles. The molecule has 0 spiro atoms. The Morgan fingerprint density at radius 3 is 2.47 bits per heavy atom. The topological polar surface area (TPSA) is 96.3 Å². The summed E-state index contributed by atoms with van der Waals surface area (Å²) in [5.74, 6) is -1.79. The Kier molecular flexibility index (Phi) is 9.96. The van der Waals surface area contributed by atoms with Crippen LogP contribution >= 0.6 is 23.4 Å². The van der Waals surface area contributed by atoms with E-state index in [2.05, 4.69) is 23.1 Å². The number of benzene rings is 2. The largest absolute Gasteiger partial charge is 0.496 e. The Balaban J connectivity index is 0.000000469. The second-order valence-electron chi connectivity index (χ2n) is 6.43. The van der Waals surface area contributed by atoms with E-state index in [-0.39, 0.29) is 6.10 Å². The molecule has 1 unspecified atom stereocenters. The van der Waals surface area contributed by atoms with Crippen LogP contribution in [0.25, 0.3) is 0 Å². The Bertz CT molecular complexity index is 821. The lowest BCUT2D eigenvalue weighted by Gasteiger charge is -2.33. The average molecular weight is 454 g/mol. The molecule has 30 heavy (non-hydrogen) atoms. The van der Waals surface area contributed by atoms with Crippen molar-refractivity contribution < 1.29 is 29.3 Å². The van der Waals surface area contributed by atoms with Crippen LogP contribution in [-0.2, 0) is 20.9 Å². The number of hydrogen-bond acceptors (Lipinski definition) is 6.